The van der Waals surface area contributed by atoms with Crippen molar-refractivity contribution in [3.8, 4) is 27.6 Å². The van der Waals surface area contributed by atoms with Gasteiger partial charge in [0.2, 0.25) is 0 Å². The molecule has 5 rings (SSSR count). The Morgan fingerprint density at radius 1 is 0.931 bits per heavy atom. The summed E-state index contributed by atoms with van der Waals surface area (Å²) < 4.78 is 5.66. The summed E-state index contributed by atoms with van der Waals surface area (Å²) in [7, 11) is 0. The minimum atomic E-state index is -0.0400. The molecule has 0 spiro atoms. The van der Waals surface area contributed by atoms with Crippen LogP contribution in [0, 0.1) is 0 Å². The number of carbonyl (C=O) groups is 1. The Bertz CT molecular complexity index is 1160. The van der Waals surface area contributed by atoms with E-state index in [4.69, 9.17) is 9.72 Å². The fourth-order valence-corrected chi connectivity index (χ4v) is 4.26. The lowest BCUT2D eigenvalue weighted by Gasteiger charge is -2.29. The van der Waals surface area contributed by atoms with Crippen LogP contribution >= 0.6 is 11.3 Å². The molecule has 142 valence electrons. The van der Waals surface area contributed by atoms with Gasteiger partial charge in [-0.2, -0.15) is 0 Å². The summed E-state index contributed by atoms with van der Waals surface area (Å²) in [5.74, 6) is 0.685. The molecule has 0 atom stereocenters. The summed E-state index contributed by atoms with van der Waals surface area (Å²) in [6.07, 6.45) is 0. The average Bonchev–Trinajstić information content (AvgIpc) is 3.27. The first-order valence-electron chi connectivity index (χ1n) is 9.40. The average molecular weight is 398 g/mol. The zero-order valence-corrected chi connectivity index (χ0v) is 16.4. The first-order valence-corrected chi connectivity index (χ1v) is 10.3. The monoisotopic (exact) mass is 398 g/mol. The Morgan fingerprint density at radius 3 is 2.48 bits per heavy atom. The van der Waals surface area contributed by atoms with E-state index in [9.17, 15) is 4.79 Å². The van der Waals surface area contributed by atoms with Gasteiger partial charge in [-0.15, -0.1) is 11.3 Å². The van der Waals surface area contributed by atoms with E-state index in [0.29, 0.717) is 6.54 Å². The number of anilines is 1. The highest BCUT2D eigenvalue weighted by molar-refractivity contribution is 7.13. The fraction of sp³-hybridized carbons (Fsp3) is 0.0833. The van der Waals surface area contributed by atoms with E-state index in [0.717, 1.165) is 38.8 Å². The summed E-state index contributed by atoms with van der Waals surface area (Å²) in [4.78, 5) is 19.2. The van der Waals surface area contributed by atoms with Crippen LogP contribution in [-0.4, -0.2) is 17.5 Å². The third-order valence-electron chi connectivity index (χ3n) is 4.91. The van der Waals surface area contributed by atoms with Crippen molar-refractivity contribution >= 4 is 22.9 Å². The lowest BCUT2D eigenvalue weighted by molar-refractivity contribution is -0.121. The van der Waals surface area contributed by atoms with E-state index >= 15 is 0 Å². The van der Waals surface area contributed by atoms with Gasteiger partial charge in [-0.25, -0.2) is 4.98 Å². The van der Waals surface area contributed by atoms with Gasteiger partial charge in [-0.1, -0.05) is 60.7 Å². The predicted molar refractivity (Wildman–Crippen MR) is 116 cm³/mol. The molecule has 0 saturated carbocycles. The third kappa shape index (κ3) is 3.52. The van der Waals surface area contributed by atoms with Gasteiger partial charge in [-0.3, -0.25) is 4.79 Å². The number of rotatable bonds is 4. The molecule has 1 aliphatic rings. The number of ether oxygens (including phenoxy) is 1. The predicted octanol–water partition coefficient (Wildman–Crippen LogP) is 5.40. The second kappa shape index (κ2) is 7.53. The van der Waals surface area contributed by atoms with Gasteiger partial charge in [-0.05, 0) is 23.8 Å². The topological polar surface area (TPSA) is 42.4 Å². The highest BCUT2D eigenvalue weighted by atomic mass is 32.1. The second-order valence-corrected chi connectivity index (χ2v) is 7.70. The molecule has 0 bridgehead atoms. The number of hydrogen-bond acceptors (Lipinski definition) is 4. The van der Waals surface area contributed by atoms with Crippen LogP contribution in [0.3, 0.4) is 0 Å². The molecular weight excluding hydrogens is 380 g/mol. The Labute approximate surface area is 173 Å². The van der Waals surface area contributed by atoms with Gasteiger partial charge >= 0.3 is 0 Å². The van der Waals surface area contributed by atoms with Crippen molar-refractivity contribution in [2.75, 3.05) is 11.5 Å². The summed E-state index contributed by atoms with van der Waals surface area (Å²) in [5, 5.41) is 3.03. The molecule has 2 heterocycles. The van der Waals surface area contributed by atoms with Crippen molar-refractivity contribution in [2.24, 2.45) is 0 Å². The molecule has 0 radical (unpaired) electrons. The second-order valence-electron chi connectivity index (χ2n) is 6.84. The van der Waals surface area contributed by atoms with Gasteiger partial charge in [0.05, 0.1) is 17.9 Å². The van der Waals surface area contributed by atoms with Crippen LogP contribution in [0.15, 0.2) is 84.2 Å². The molecule has 4 aromatic rings. The highest BCUT2D eigenvalue weighted by Crippen LogP contribution is 2.38. The van der Waals surface area contributed by atoms with Crippen LogP contribution in [0.25, 0.3) is 21.8 Å². The molecular formula is C24H18N2O2S. The lowest BCUT2D eigenvalue weighted by Crippen LogP contribution is -2.38. The molecule has 4 nitrogen and oxygen atoms in total. The number of nitrogens with zero attached hydrogens (tertiary/aromatic N) is 2. The molecule has 0 unspecified atom stereocenters. The maximum atomic E-state index is 12.6. The standard InChI is InChI=1S/C24H18N2O2S/c27-23-15-28-22-12-11-19(13-21(22)26(23)14-17-7-3-1-4-8-17)20-16-29-24(25-20)18-9-5-2-6-10-18/h1-13,16H,14-15H2. The van der Waals surface area contributed by atoms with Crippen LogP contribution < -0.4 is 9.64 Å². The van der Waals surface area contributed by atoms with Crippen molar-refractivity contribution in [1.29, 1.82) is 0 Å². The Morgan fingerprint density at radius 2 is 1.69 bits per heavy atom. The van der Waals surface area contributed by atoms with E-state index in [1.807, 2.05) is 66.7 Å². The van der Waals surface area contributed by atoms with E-state index in [1.54, 1.807) is 16.2 Å². The smallest absolute Gasteiger partial charge is 0.265 e. The molecule has 0 fully saturated rings. The number of carbonyl (C=O) groups excluding carboxylic acids is 1. The normalized spacial score (nSPS) is 13.1. The first-order chi connectivity index (χ1) is 14.3. The van der Waals surface area contributed by atoms with Crippen molar-refractivity contribution in [2.45, 2.75) is 6.54 Å². The highest BCUT2D eigenvalue weighted by Gasteiger charge is 2.26. The van der Waals surface area contributed by atoms with Crippen molar-refractivity contribution in [3.63, 3.8) is 0 Å². The SMILES string of the molecule is O=C1COc2ccc(-c3csc(-c4ccccc4)n3)cc2N1Cc1ccccc1. The Hall–Kier alpha value is -3.44. The first kappa shape index (κ1) is 17.6. The summed E-state index contributed by atoms with van der Waals surface area (Å²) >= 11 is 1.62. The molecule has 0 saturated heterocycles. The Balaban J connectivity index is 1.50. The van der Waals surface area contributed by atoms with E-state index < -0.39 is 0 Å². The number of hydrogen-bond donors (Lipinski definition) is 0. The van der Waals surface area contributed by atoms with Crippen LogP contribution in [0.1, 0.15) is 5.56 Å². The zero-order valence-electron chi connectivity index (χ0n) is 15.6. The largest absolute Gasteiger partial charge is 0.482 e. The number of fused-ring (bicyclic) bond motifs is 1. The van der Waals surface area contributed by atoms with E-state index in [-0.39, 0.29) is 12.5 Å². The molecule has 0 N–H and O–H groups in total. The molecule has 3 aromatic carbocycles. The maximum absolute atomic E-state index is 12.6. The summed E-state index contributed by atoms with van der Waals surface area (Å²) in [6, 6.07) is 26.1. The third-order valence-corrected chi connectivity index (χ3v) is 5.80. The minimum absolute atomic E-state index is 0.0400. The van der Waals surface area contributed by atoms with Crippen LogP contribution in [0.5, 0.6) is 5.75 Å². The van der Waals surface area contributed by atoms with Crippen molar-refractivity contribution in [3.05, 3.63) is 89.8 Å². The van der Waals surface area contributed by atoms with Crippen LogP contribution in [-0.2, 0) is 11.3 Å². The fourth-order valence-electron chi connectivity index (χ4n) is 3.42. The molecule has 1 amide bonds. The minimum Gasteiger partial charge on any atom is -0.482 e. The van der Waals surface area contributed by atoms with E-state index in [2.05, 4.69) is 17.5 Å². The molecule has 1 aromatic heterocycles. The van der Waals surface area contributed by atoms with Crippen molar-refractivity contribution in [1.82, 2.24) is 4.98 Å². The van der Waals surface area contributed by atoms with Gasteiger partial charge in [0.25, 0.3) is 5.91 Å². The number of amides is 1. The van der Waals surface area contributed by atoms with Gasteiger partial charge in [0.15, 0.2) is 6.61 Å². The molecule has 5 heteroatoms. The summed E-state index contributed by atoms with van der Waals surface area (Å²) in [6.45, 7) is 0.583. The Kier molecular flexibility index (Phi) is 4.58. The van der Waals surface area contributed by atoms with Crippen LogP contribution in [0.4, 0.5) is 5.69 Å². The summed E-state index contributed by atoms with van der Waals surface area (Å²) in [5.41, 5.74) is 4.84. The molecule has 1 aliphatic heterocycles. The van der Waals surface area contributed by atoms with Gasteiger partial charge in [0.1, 0.15) is 10.8 Å². The molecule has 0 aliphatic carbocycles. The molecule has 29 heavy (non-hydrogen) atoms. The number of benzene rings is 3. The maximum Gasteiger partial charge on any atom is 0.265 e. The van der Waals surface area contributed by atoms with E-state index in [1.165, 1.54) is 0 Å². The number of thiazole rings is 1. The lowest BCUT2D eigenvalue weighted by atomic mass is 10.1. The number of aromatic nitrogens is 1. The quantitative estimate of drug-likeness (QED) is 0.462. The van der Waals surface area contributed by atoms with Crippen molar-refractivity contribution < 1.29 is 9.53 Å². The van der Waals surface area contributed by atoms with Gasteiger partial charge < -0.3 is 9.64 Å². The van der Waals surface area contributed by atoms with Crippen LogP contribution in [0.2, 0.25) is 0 Å². The van der Waals surface area contributed by atoms with Gasteiger partial charge in [0, 0.05) is 16.5 Å². The zero-order chi connectivity index (χ0) is 19.6.